The Hall–Kier alpha value is -3.35. The first kappa shape index (κ1) is 20.4. The summed E-state index contributed by atoms with van der Waals surface area (Å²) in [6.07, 6.45) is 0. The third-order valence-electron chi connectivity index (χ3n) is 4.05. The van der Waals surface area contributed by atoms with Crippen LogP contribution in [0.15, 0.2) is 58.0 Å². The van der Waals surface area contributed by atoms with Crippen LogP contribution in [0.25, 0.3) is 0 Å². The molecular weight excluding hydrogens is 418 g/mol. The van der Waals surface area contributed by atoms with Crippen LogP contribution in [0.3, 0.4) is 0 Å². The number of Topliss-reactive ketones (excluding diaryl/α,β-unsaturated/α-hetero) is 1. The van der Waals surface area contributed by atoms with Crippen LogP contribution in [0.5, 0.6) is 0 Å². The largest absolute Gasteiger partial charge is 0.453 e. The molecule has 0 atom stereocenters. The molecule has 146 valence electrons. The average Bonchev–Trinajstić information content (AvgIpc) is 3.03. The number of nitrogens with zero attached hydrogens (tertiary/aromatic N) is 3. The number of hydrogen-bond donors (Lipinski definition) is 0. The van der Waals surface area contributed by atoms with Crippen molar-refractivity contribution in [3.63, 3.8) is 0 Å². The van der Waals surface area contributed by atoms with Gasteiger partial charge in [-0.2, -0.15) is 5.26 Å². The molecule has 29 heavy (non-hydrogen) atoms. The van der Waals surface area contributed by atoms with Crippen LogP contribution >= 0.6 is 23.4 Å². The number of carbonyl (C=O) groups is 2. The van der Waals surface area contributed by atoms with Gasteiger partial charge in [0.1, 0.15) is 22.2 Å². The van der Waals surface area contributed by atoms with Gasteiger partial charge < -0.3 is 9.64 Å². The zero-order valence-electron chi connectivity index (χ0n) is 14.9. The number of nitro groups is 1. The highest BCUT2D eigenvalue weighted by atomic mass is 35.5. The fraction of sp³-hybridized carbons (Fsp3) is 0.105. The summed E-state index contributed by atoms with van der Waals surface area (Å²) in [6.45, 7) is -0.736. The number of carbonyl (C=O) groups excluding carboxylic acids is 2. The van der Waals surface area contributed by atoms with Crippen LogP contribution in [-0.4, -0.2) is 30.3 Å². The molecule has 0 bridgehead atoms. The first-order valence-corrected chi connectivity index (χ1v) is 9.32. The van der Waals surface area contributed by atoms with Crippen LogP contribution < -0.4 is 4.90 Å². The third-order valence-corrected chi connectivity index (χ3v) is 5.52. The van der Waals surface area contributed by atoms with Crippen molar-refractivity contribution < 1.29 is 19.2 Å². The normalized spacial score (nSPS) is 14.0. The molecule has 0 radical (unpaired) electrons. The number of hydrogen-bond acceptors (Lipinski definition) is 8. The van der Waals surface area contributed by atoms with E-state index in [1.165, 1.54) is 17.8 Å². The maximum Gasteiger partial charge on any atom is 0.345 e. The lowest BCUT2D eigenvalue weighted by Gasteiger charge is -2.14. The molecule has 0 amide bonds. The second-order valence-electron chi connectivity index (χ2n) is 5.84. The van der Waals surface area contributed by atoms with Gasteiger partial charge >= 0.3 is 5.97 Å². The Bertz CT molecular complexity index is 1110. The number of halogens is 1. The van der Waals surface area contributed by atoms with E-state index in [1.807, 2.05) is 30.3 Å². The molecule has 0 saturated carbocycles. The molecule has 1 aliphatic rings. The van der Waals surface area contributed by atoms with E-state index in [4.69, 9.17) is 16.3 Å². The summed E-state index contributed by atoms with van der Waals surface area (Å²) in [4.78, 5) is 37.7. The second kappa shape index (κ2) is 8.34. The molecular formula is C19H12ClN3O5S. The van der Waals surface area contributed by atoms with E-state index in [9.17, 15) is 25.0 Å². The molecule has 0 unspecified atom stereocenters. The minimum atomic E-state index is -1.08. The lowest BCUT2D eigenvalue weighted by atomic mass is 10.2. The molecule has 0 spiro atoms. The van der Waals surface area contributed by atoms with Crippen molar-refractivity contribution in [1.82, 2.24) is 0 Å². The number of thioether (sulfide) groups is 1. The van der Waals surface area contributed by atoms with Crippen LogP contribution in [0, 0.1) is 21.4 Å². The summed E-state index contributed by atoms with van der Waals surface area (Å²) in [6, 6.07) is 12.7. The van der Waals surface area contributed by atoms with Gasteiger partial charge in [-0.1, -0.05) is 35.5 Å². The standard InChI is InChI=1S/C19H12ClN3O5S/c1-22-15-4-2-3-5-17(15)29-18(22)13(9-21)16(24)10-28-19(25)12-8-11(20)6-7-14(12)23(26)27/h2-8H,10H2,1H3/b18-13-. The Morgan fingerprint density at radius 2 is 2.03 bits per heavy atom. The Kier molecular flexibility index (Phi) is 5.87. The predicted octanol–water partition coefficient (Wildman–Crippen LogP) is 3.95. The SMILES string of the molecule is CN1/C(=C(\C#N)C(=O)COC(=O)c2cc(Cl)ccc2[N+](=O)[O-])Sc2ccccc21. The van der Waals surface area contributed by atoms with E-state index in [2.05, 4.69) is 0 Å². The Morgan fingerprint density at radius 1 is 1.31 bits per heavy atom. The van der Waals surface area contributed by atoms with Crippen molar-refractivity contribution in [3.8, 4) is 6.07 Å². The van der Waals surface area contributed by atoms with Gasteiger partial charge in [-0.05, 0) is 24.3 Å². The summed E-state index contributed by atoms with van der Waals surface area (Å²) in [5.41, 5.74) is -0.185. The monoisotopic (exact) mass is 429 g/mol. The summed E-state index contributed by atoms with van der Waals surface area (Å²) in [5, 5.41) is 21.1. The number of para-hydroxylation sites is 1. The molecule has 1 heterocycles. The van der Waals surface area contributed by atoms with Gasteiger partial charge in [-0.25, -0.2) is 4.79 Å². The van der Waals surface area contributed by atoms with Crippen LogP contribution in [-0.2, 0) is 9.53 Å². The van der Waals surface area contributed by atoms with Crippen LogP contribution in [0.4, 0.5) is 11.4 Å². The van der Waals surface area contributed by atoms with Crippen molar-refractivity contribution in [2.75, 3.05) is 18.6 Å². The molecule has 8 nitrogen and oxygen atoms in total. The van der Waals surface area contributed by atoms with E-state index in [0.29, 0.717) is 5.03 Å². The van der Waals surface area contributed by atoms with E-state index in [0.717, 1.165) is 22.7 Å². The lowest BCUT2D eigenvalue weighted by Crippen LogP contribution is -2.20. The number of nitriles is 1. The fourth-order valence-corrected chi connectivity index (χ4v) is 4.00. The van der Waals surface area contributed by atoms with Gasteiger partial charge in [0.05, 0.1) is 10.6 Å². The van der Waals surface area contributed by atoms with Crippen molar-refractivity contribution in [2.45, 2.75) is 4.90 Å². The molecule has 0 N–H and O–H groups in total. The lowest BCUT2D eigenvalue weighted by molar-refractivity contribution is -0.385. The van der Waals surface area contributed by atoms with E-state index >= 15 is 0 Å². The molecule has 3 rings (SSSR count). The highest BCUT2D eigenvalue weighted by Crippen LogP contribution is 2.46. The highest BCUT2D eigenvalue weighted by Gasteiger charge is 2.29. The highest BCUT2D eigenvalue weighted by molar-refractivity contribution is 8.03. The van der Waals surface area contributed by atoms with Crippen LogP contribution in [0.1, 0.15) is 10.4 Å². The summed E-state index contributed by atoms with van der Waals surface area (Å²) >= 11 is 7.05. The molecule has 2 aromatic carbocycles. The molecule has 0 saturated heterocycles. The van der Waals surface area contributed by atoms with E-state index < -0.39 is 29.0 Å². The summed E-state index contributed by atoms with van der Waals surface area (Å²) in [7, 11) is 1.72. The van der Waals surface area contributed by atoms with Gasteiger partial charge in [0.15, 0.2) is 6.61 Å². The maximum absolute atomic E-state index is 12.5. The maximum atomic E-state index is 12.5. The first-order valence-electron chi connectivity index (χ1n) is 8.12. The minimum Gasteiger partial charge on any atom is -0.453 e. The summed E-state index contributed by atoms with van der Waals surface area (Å²) < 4.78 is 4.93. The zero-order chi connectivity index (χ0) is 21.1. The molecule has 2 aromatic rings. The Balaban J connectivity index is 1.79. The van der Waals surface area contributed by atoms with Crippen molar-refractivity contribution >= 4 is 46.5 Å². The van der Waals surface area contributed by atoms with Crippen molar-refractivity contribution in [3.05, 3.63) is 73.8 Å². The van der Waals surface area contributed by atoms with Gasteiger partial charge in [0.2, 0.25) is 5.78 Å². The van der Waals surface area contributed by atoms with Crippen LogP contribution in [0.2, 0.25) is 5.02 Å². The molecule has 0 aromatic heterocycles. The van der Waals surface area contributed by atoms with Gasteiger partial charge in [0.25, 0.3) is 5.69 Å². The fourth-order valence-electron chi connectivity index (χ4n) is 2.66. The molecule has 1 aliphatic heterocycles. The summed E-state index contributed by atoms with van der Waals surface area (Å²) in [5.74, 6) is -1.79. The Morgan fingerprint density at radius 3 is 2.69 bits per heavy atom. The molecule has 0 fully saturated rings. The molecule has 10 heteroatoms. The number of rotatable bonds is 5. The van der Waals surface area contributed by atoms with Crippen molar-refractivity contribution in [1.29, 1.82) is 5.26 Å². The van der Waals surface area contributed by atoms with Gasteiger partial charge in [-0.15, -0.1) is 0 Å². The molecule has 0 aliphatic carbocycles. The number of esters is 1. The van der Waals surface area contributed by atoms with E-state index in [1.54, 1.807) is 11.9 Å². The zero-order valence-corrected chi connectivity index (χ0v) is 16.5. The Labute approximate surface area is 174 Å². The average molecular weight is 430 g/mol. The van der Waals surface area contributed by atoms with Crippen molar-refractivity contribution in [2.24, 2.45) is 0 Å². The predicted molar refractivity (Wildman–Crippen MR) is 107 cm³/mol. The number of benzene rings is 2. The topological polar surface area (TPSA) is 114 Å². The number of ketones is 1. The number of fused-ring (bicyclic) bond motifs is 1. The minimum absolute atomic E-state index is 0.107. The number of ether oxygens (including phenoxy) is 1. The number of nitro benzene ring substituents is 1. The second-order valence-corrected chi connectivity index (χ2v) is 7.31. The van der Waals surface area contributed by atoms with Gasteiger partial charge in [-0.3, -0.25) is 14.9 Å². The smallest absolute Gasteiger partial charge is 0.345 e. The third kappa shape index (κ3) is 4.08. The van der Waals surface area contributed by atoms with Gasteiger partial charge in [0, 0.05) is 23.0 Å². The quantitative estimate of drug-likeness (QED) is 0.231. The van der Waals surface area contributed by atoms with E-state index in [-0.39, 0.29) is 16.2 Å². The number of anilines is 1. The first-order chi connectivity index (χ1) is 13.8.